The van der Waals surface area contributed by atoms with Crippen molar-refractivity contribution in [2.24, 2.45) is 0 Å². The van der Waals surface area contributed by atoms with E-state index in [1.54, 1.807) is 0 Å². The predicted molar refractivity (Wildman–Crippen MR) is 102 cm³/mol. The summed E-state index contributed by atoms with van der Waals surface area (Å²) in [4.78, 5) is 27.0. The van der Waals surface area contributed by atoms with E-state index in [2.05, 4.69) is 20.4 Å². The van der Waals surface area contributed by atoms with Crippen LogP contribution in [0.4, 0.5) is 17.6 Å². The predicted octanol–water partition coefficient (Wildman–Crippen LogP) is 3.48. The van der Waals surface area contributed by atoms with E-state index in [1.165, 1.54) is 12.1 Å². The van der Waals surface area contributed by atoms with Gasteiger partial charge < -0.3 is 20.1 Å². The minimum absolute atomic E-state index is 0.0485. The third-order valence-electron chi connectivity index (χ3n) is 3.69. The summed E-state index contributed by atoms with van der Waals surface area (Å²) in [6.45, 7) is 0.326. The van der Waals surface area contributed by atoms with E-state index >= 15 is 0 Å². The van der Waals surface area contributed by atoms with E-state index < -0.39 is 29.9 Å². The van der Waals surface area contributed by atoms with E-state index in [1.807, 2.05) is 0 Å². The van der Waals surface area contributed by atoms with Crippen LogP contribution in [0.5, 0.6) is 11.6 Å². The molecule has 2 aromatic rings. The number of halogens is 5. The van der Waals surface area contributed by atoms with Gasteiger partial charge in [-0.3, -0.25) is 9.59 Å². The van der Waals surface area contributed by atoms with E-state index in [0.29, 0.717) is 19.4 Å². The average Bonchev–Trinajstić information content (AvgIpc) is 2.70. The zero-order chi connectivity index (χ0) is 22.9. The third kappa shape index (κ3) is 9.08. The van der Waals surface area contributed by atoms with Gasteiger partial charge in [-0.25, -0.2) is 9.37 Å². The normalized spacial score (nSPS) is 11.0. The molecule has 2 rings (SSSR count). The molecule has 0 aliphatic rings. The number of ether oxygens (including phenoxy) is 2. The quantitative estimate of drug-likeness (QED) is 0.416. The number of amides is 2. The van der Waals surface area contributed by atoms with Gasteiger partial charge in [-0.15, -0.1) is 13.2 Å². The Bertz CT molecular complexity index is 895. The van der Waals surface area contributed by atoms with Crippen molar-refractivity contribution in [2.45, 2.75) is 19.2 Å². The van der Waals surface area contributed by atoms with Crippen molar-refractivity contribution in [1.82, 2.24) is 15.6 Å². The molecule has 0 saturated carbocycles. The smallest absolute Gasteiger partial charge is 0.484 e. The van der Waals surface area contributed by atoms with E-state index in [9.17, 15) is 27.2 Å². The molecule has 1 aromatic heterocycles. The van der Waals surface area contributed by atoms with Gasteiger partial charge in [0, 0.05) is 31.4 Å². The average molecular weight is 464 g/mol. The number of pyridine rings is 1. The fourth-order valence-electron chi connectivity index (χ4n) is 2.24. The van der Waals surface area contributed by atoms with Crippen molar-refractivity contribution >= 4 is 23.4 Å². The Labute approximate surface area is 179 Å². The highest BCUT2D eigenvalue weighted by molar-refractivity contribution is 6.30. The highest BCUT2D eigenvalue weighted by Gasteiger charge is 2.31. The molecule has 0 bridgehead atoms. The Morgan fingerprint density at radius 2 is 1.77 bits per heavy atom. The zero-order valence-electron chi connectivity index (χ0n) is 16.0. The molecule has 0 aliphatic heterocycles. The van der Waals surface area contributed by atoms with Gasteiger partial charge in [-0.05, 0) is 31.0 Å². The lowest BCUT2D eigenvalue weighted by Gasteiger charge is -2.09. The molecule has 168 valence electrons. The maximum Gasteiger partial charge on any atom is 0.574 e. The van der Waals surface area contributed by atoms with Gasteiger partial charge in [-0.2, -0.15) is 0 Å². The fourth-order valence-corrected chi connectivity index (χ4v) is 2.36. The number of benzene rings is 1. The maximum absolute atomic E-state index is 13.3. The number of nitrogens with zero attached hydrogens (tertiary/aromatic N) is 1. The number of unbranched alkanes of at least 4 members (excludes halogenated alkanes) is 1. The van der Waals surface area contributed by atoms with Crippen LogP contribution in [0.25, 0.3) is 0 Å². The standard InChI is InChI=1S/C19H18ClF4N3O4/c20-14-5-4-13(9-15(14)21)30-11-16(28)25-7-1-2-8-26-18(29)12-3-6-17(27-10-12)31-19(22,23)24/h3-6,9-10H,1-2,7-8,11H2,(H,25,28)(H,26,29). The molecule has 0 spiro atoms. The van der Waals surface area contributed by atoms with Crippen LogP contribution < -0.4 is 20.1 Å². The van der Waals surface area contributed by atoms with Gasteiger partial charge in [0.1, 0.15) is 11.6 Å². The molecule has 1 heterocycles. The second-order valence-corrected chi connectivity index (χ2v) is 6.52. The van der Waals surface area contributed by atoms with E-state index in [0.717, 1.165) is 24.4 Å². The molecule has 31 heavy (non-hydrogen) atoms. The third-order valence-corrected chi connectivity index (χ3v) is 4.00. The summed E-state index contributed by atoms with van der Waals surface area (Å²) in [6.07, 6.45) is -2.79. The molecular weight excluding hydrogens is 446 g/mol. The molecule has 12 heteroatoms. The number of rotatable bonds is 10. The Hall–Kier alpha value is -3.08. The molecule has 0 aliphatic carbocycles. The van der Waals surface area contributed by atoms with Crippen LogP contribution in [0.1, 0.15) is 23.2 Å². The fraction of sp³-hybridized carbons (Fsp3) is 0.316. The number of carbonyl (C=O) groups excluding carboxylic acids is 2. The van der Waals surface area contributed by atoms with Crippen LogP contribution in [0, 0.1) is 5.82 Å². The van der Waals surface area contributed by atoms with Crippen LogP contribution >= 0.6 is 11.6 Å². The number of hydrogen-bond donors (Lipinski definition) is 2. The topological polar surface area (TPSA) is 89.6 Å². The van der Waals surface area contributed by atoms with Gasteiger partial charge in [0.15, 0.2) is 6.61 Å². The lowest BCUT2D eigenvalue weighted by molar-refractivity contribution is -0.276. The highest BCUT2D eigenvalue weighted by atomic mass is 35.5. The molecule has 0 unspecified atom stereocenters. The van der Waals surface area contributed by atoms with Crippen LogP contribution in [-0.2, 0) is 4.79 Å². The summed E-state index contributed by atoms with van der Waals surface area (Å²) in [5.74, 6) is -2.04. The lowest BCUT2D eigenvalue weighted by Crippen LogP contribution is -2.30. The molecular formula is C19H18ClF4N3O4. The minimum atomic E-state index is -4.86. The number of aromatic nitrogens is 1. The Morgan fingerprint density at radius 1 is 1.06 bits per heavy atom. The second kappa shape index (κ2) is 11.3. The van der Waals surface area contributed by atoms with Crippen molar-refractivity contribution in [1.29, 1.82) is 0 Å². The van der Waals surface area contributed by atoms with Gasteiger partial charge in [0.05, 0.1) is 10.6 Å². The SMILES string of the molecule is O=C(COc1ccc(Cl)c(F)c1)NCCCCNC(=O)c1ccc(OC(F)(F)F)nc1. The molecule has 1 aromatic carbocycles. The first kappa shape index (κ1) is 24.2. The summed E-state index contributed by atoms with van der Waals surface area (Å²) in [6, 6.07) is 5.94. The van der Waals surface area contributed by atoms with E-state index in [-0.39, 0.29) is 29.5 Å². The van der Waals surface area contributed by atoms with Gasteiger partial charge in [-0.1, -0.05) is 11.6 Å². The largest absolute Gasteiger partial charge is 0.574 e. The van der Waals surface area contributed by atoms with Crippen LogP contribution in [0.3, 0.4) is 0 Å². The lowest BCUT2D eigenvalue weighted by atomic mass is 10.2. The zero-order valence-corrected chi connectivity index (χ0v) is 16.7. The molecule has 0 saturated heterocycles. The first-order valence-corrected chi connectivity index (χ1v) is 9.36. The van der Waals surface area contributed by atoms with Crippen molar-refractivity contribution in [3.63, 3.8) is 0 Å². The molecule has 0 radical (unpaired) electrons. The minimum Gasteiger partial charge on any atom is -0.484 e. The van der Waals surface area contributed by atoms with Crippen molar-refractivity contribution < 1.29 is 36.6 Å². The van der Waals surface area contributed by atoms with Crippen molar-refractivity contribution in [2.75, 3.05) is 19.7 Å². The number of alkyl halides is 3. The van der Waals surface area contributed by atoms with Crippen LogP contribution in [0.2, 0.25) is 5.02 Å². The van der Waals surface area contributed by atoms with Gasteiger partial charge >= 0.3 is 6.36 Å². The first-order chi connectivity index (χ1) is 14.6. The first-order valence-electron chi connectivity index (χ1n) is 8.98. The second-order valence-electron chi connectivity index (χ2n) is 6.11. The van der Waals surface area contributed by atoms with Crippen molar-refractivity contribution in [3.05, 3.63) is 52.9 Å². The molecule has 7 nitrogen and oxygen atoms in total. The molecule has 0 fully saturated rings. The Balaban J connectivity index is 1.58. The monoisotopic (exact) mass is 463 g/mol. The summed E-state index contributed by atoms with van der Waals surface area (Å²) in [7, 11) is 0. The number of nitrogens with one attached hydrogen (secondary N) is 2. The van der Waals surface area contributed by atoms with Crippen LogP contribution in [-0.4, -0.2) is 42.9 Å². The summed E-state index contributed by atoms with van der Waals surface area (Å²) >= 11 is 5.55. The molecule has 0 atom stereocenters. The van der Waals surface area contributed by atoms with Gasteiger partial charge in [0.2, 0.25) is 5.88 Å². The highest BCUT2D eigenvalue weighted by Crippen LogP contribution is 2.21. The molecule has 2 amide bonds. The van der Waals surface area contributed by atoms with Crippen molar-refractivity contribution in [3.8, 4) is 11.6 Å². The summed E-state index contributed by atoms with van der Waals surface area (Å²) in [5, 5.41) is 5.15. The number of hydrogen-bond acceptors (Lipinski definition) is 5. The maximum atomic E-state index is 13.3. The van der Waals surface area contributed by atoms with Gasteiger partial charge in [0.25, 0.3) is 11.8 Å². The van der Waals surface area contributed by atoms with E-state index in [4.69, 9.17) is 16.3 Å². The summed E-state index contributed by atoms with van der Waals surface area (Å²) in [5.41, 5.74) is 0.0820. The Morgan fingerprint density at radius 3 is 2.39 bits per heavy atom. The number of carbonyl (C=O) groups is 2. The van der Waals surface area contributed by atoms with Crippen LogP contribution in [0.15, 0.2) is 36.5 Å². The Kier molecular flexibility index (Phi) is 8.86. The summed E-state index contributed by atoms with van der Waals surface area (Å²) < 4.78 is 58.3. The molecule has 2 N–H and O–H groups in total.